The fourth-order valence-electron chi connectivity index (χ4n) is 4.70. The number of esters is 1. The highest BCUT2D eigenvalue weighted by Gasteiger charge is 2.27. The average Bonchev–Trinajstić information content (AvgIpc) is 3.73. The highest BCUT2D eigenvalue weighted by Crippen LogP contribution is 2.38. The molecule has 0 bridgehead atoms. The second-order valence-corrected chi connectivity index (χ2v) is 9.02. The summed E-state index contributed by atoms with van der Waals surface area (Å²) in [6, 6.07) is 13.5. The molecule has 7 heteroatoms. The zero-order valence-electron chi connectivity index (χ0n) is 19.2. The van der Waals surface area contributed by atoms with E-state index >= 15 is 0 Å². The zero-order valence-corrected chi connectivity index (χ0v) is 19.2. The third-order valence-electron chi connectivity index (χ3n) is 6.85. The summed E-state index contributed by atoms with van der Waals surface area (Å²) in [5.74, 6) is -3.37. The summed E-state index contributed by atoms with van der Waals surface area (Å²) in [4.78, 5) is 12.5. The maximum Gasteiger partial charge on any atom is 0.343 e. The Morgan fingerprint density at radius 2 is 1.63 bits per heavy atom. The van der Waals surface area contributed by atoms with Crippen LogP contribution < -0.4 is 4.74 Å². The summed E-state index contributed by atoms with van der Waals surface area (Å²) in [6.45, 7) is 0.549. The van der Waals surface area contributed by atoms with E-state index in [0.717, 1.165) is 25.7 Å². The van der Waals surface area contributed by atoms with E-state index in [1.165, 1.54) is 36.4 Å². The minimum absolute atomic E-state index is 0.0339. The lowest BCUT2D eigenvalue weighted by Gasteiger charge is -2.28. The Labute approximate surface area is 201 Å². The summed E-state index contributed by atoms with van der Waals surface area (Å²) >= 11 is 0. The summed E-state index contributed by atoms with van der Waals surface area (Å²) in [5.41, 5.74) is 1.78. The predicted octanol–water partition coefficient (Wildman–Crippen LogP) is 6.73. The molecule has 1 aliphatic carbocycles. The SMILES string of the molecule is COC1CCC(c2ccc(-c3ccc(C(=O)Oc4ccc(C5CO5)cc4F)cc3)c(F)c2F)CC1. The first-order valence-electron chi connectivity index (χ1n) is 11.7. The summed E-state index contributed by atoms with van der Waals surface area (Å²) in [6.07, 6.45) is 3.23. The van der Waals surface area contributed by atoms with E-state index in [4.69, 9.17) is 14.2 Å². The Morgan fingerprint density at radius 3 is 2.26 bits per heavy atom. The highest BCUT2D eigenvalue weighted by molar-refractivity contribution is 5.91. The summed E-state index contributed by atoms with van der Waals surface area (Å²) in [7, 11) is 1.67. The van der Waals surface area contributed by atoms with Gasteiger partial charge in [-0.25, -0.2) is 18.0 Å². The standard InChI is InChI=1S/C28H25F3O4/c1-33-20-9-6-17(7-10-20)22-12-11-21(26(30)27(22)31)16-2-4-18(5-3-16)28(32)35-24-13-8-19(14-23(24)29)25-15-34-25/h2-5,8,11-14,17,20,25H,6-7,9-10,15H2,1H3. The van der Waals surface area contributed by atoms with Crippen LogP contribution in [0.15, 0.2) is 54.6 Å². The molecule has 1 unspecified atom stereocenters. The molecule has 0 spiro atoms. The maximum atomic E-state index is 15.0. The molecule has 1 saturated carbocycles. The summed E-state index contributed by atoms with van der Waals surface area (Å²) < 4.78 is 59.9. The quantitative estimate of drug-likeness (QED) is 0.222. The fraction of sp³-hybridized carbons (Fsp3) is 0.321. The third-order valence-corrected chi connectivity index (χ3v) is 6.85. The molecule has 3 aromatic rings. The molecule has 1 atom stereocenters. The van der Waals surface area contributed by atoms with Gasteiger partial charge in [0.25, 0.3) is 0 Å². The minimum atomic E-state index is -0.909. The molecule has 5 rings (SSSR count). The first kappa shape index (κ1) is 23.6. The lowest BCUT2D eigenvalue weighted by atomic mass is 9.82. The average molecular weight is 482 g/mol. The monoisotopic (exact) mass is 482 g/mol. The Morgan fingerprint density at radius 1 is 0.914 bits per heavy atom. The molecule has 2 fully saturated rings. The number of methoxy groups -OCH3 is 1. The highest BCUT2D eigenvalue weighted by atomic mass is 19.2. The van der Waals surface area contributed by atoms with Gasteiger partial charge in [0.1, 0.15) is 6.10 Å². The van der Waals surface area contributed by atoms with Crippen molar-refractivity contribution in [3.63, 3.8) is 0 Å². The second-order valence-electron chi connectivity index (χ2n) is 9.02. The topological polar surface area (TPSA) is 48.1 Å². The van der Waals surface area contributed by atoms with Crippen LogP contribution in [0.1, 0.15) is 59.2 Å². The van der Waals surface area contributed by atoms with Gasteiger partial charge in [-0.3, -0.25) is 0 Å². The van der Waals surface area contributed by atoms with Gasteiger partial charge in [-0.15, -0.1) is 0 Å². The van der Waals surface area contributed by atoms with Gasteiger partial charge in [0.15, 0.2) is 23.2 Å². The van der Waals surface area contributed by atoms with Gasteiger partial charge in [-0.05, 0) is 72.6 Å². The first-order valence-corrected chi connectivity index (χ1v) is 11.7. The zero-order chi connectivity index (χ0) is 24.5. The fourth-order valence-corrected chi connectivity index (χ4v) is 4.70. The summed E-state index contributed by atoms with van der Waals surface area (Å²) in [5, 5.41) is 0. The Hall–Kier alpha value is -3.16. The van der Waals surface area contributed by atoms with Crippen molar-refractivity contribution in [1.29, 1.82) is 0 Å². The van der Waals surface area contributed by atoms with Gasteiger partial charge >= 0.3 is 5.97 Å². The van der Waals surface area contributed by atoms with E-state index in [2.05, 4.69) is 0 Å². The van der Waals surface area contributed by atoms with Crippen LogP contribution in [0, 0.1) is 17.5 Å². The molecule has 0 aromatic heterocycles. The molecule has 4 nitrogen and oxygen atoms in total. The molecule has 0 amide bonds. The molecule has 0 radical (unpaired) electrons. The van der Waals surface area contributed by atoms with Crippen LogP contribution in [0.3, 0.4) is 0 Å². The third kappa shape index (κ3) is 4.97. The second kappa shape index (κ2) is 9.84. The number of benzene rings is 3. The van der Waals surface area contributed by atoms with Crippen LogP contribution in [0.5, 0.6) is 5.75 Å². The Bertz CT molecular complexity index is 1230. The number of epoxide rings is 1. The van der Waals surface area contributed by atoms with Crippen LogP contribution in [0.2, 0.25) is 0 Å². The molecule has 2 aliphatic rings. The van der Waals surface area contributed by atoms with Crippen molar-refractivity contribution in [3.8, 4) is 16.9 Å². The van der Waals surface area contributed by atoms with E-state index in [1.54, 1.807) is 25.3 Å². The molecule has 1 aliphatic heterocycles. The molecule has 0 N–H and O–H groups in total. The van der Waals surface area contributed by atoms with E-state index in [9.17, 15) is 18.0 Å². The van der Waals surface area contributed by atoms with Crippen molar-refractivity contribution >= 4 is 5.97 Å². The van der Waals surface area contributed by atoms with Gasteiger partial charge < -0.3 is 14.2 Å². The van der Waals surface area contributed by atoms with Gasteiger partial charge in [-0.2, -0.15) is 0 Å². The van der Waals surface area contributed by atoms with Crippen molar-refractivity contribution in [2.24, 2.45) is 0 Å². The van der Waals surface area contributed by atoms with E-state index in [1.807, 2.05) is 0 Å². The molecular formula is C28H25F3O4. The minimum Gasteiger partial charge on any atom is -0.420 e. The van der Waals surface area contributed by atoms with E-state index < -0.39 is 23.4 Å². The molecule has 1 heterocycles. The maximum absolute atomic E-state index is 15.0. The lowest BCUT2D eigenvalue weighted by Crippen LogP contribution is -2.20. The van der Waals surface area contributed by atoms with Crippen LogP contribution >= 0.6 is 0 Å². The van der Waals surface area contributed by atoms with Crippen molar-refractivity contribution in [3.05, 3.63) is 88.7 Å². The van der Waals surface area contributed by atoms with Gasteiger partial charge in [0.2, 0.25) is 0 Å². The van der Waals surface area contributed by atoms with Crippen molar-refractivity contribution in [2.75, 3.05) is 13.7 Å². The van der Waals surface area contributed by atoms with Crippen LogP contribution in [0.25, 0.3) is 11.1 Å². The number of hydrogen-bond acceptors (Lipinski definition) is 4. The van der Waals surface area contributed by atoms with Crippen LogP contribution in [0.4, 0.5) is 13.2 Å². The molecule has 35 heavy (non-hydrogen) atoms. The molecule has 1 saturated heterocycles. The lowest BCUT2D eigenvalue weighted by molar-refractivity contribution is 0.0655. The number of rotatable bonds is 6. The first-order chi connectivity index (χ1) is 16.9. The van der Waals surface area contributed by atoms with E-state index in [-0.39, 0.29) is 35.0 Å². The Balaban J connectivity index is 1.29. The van der Waals surface area contributed by atoms with Crippen LogP contribution in [-0.4, -0.2) is 25.8 Å². The number of carbonyl (C=O) groups is 1. The van der Waals surface area contributed by atoms with Crippen LogP contribution in [-0.2, 0) is 9.47 Å². The normalized spacial score (nSPS) is 21.5. The number of halogens is 3. The molecule has 3 aromatic carbocycles. The number of hydrogen-bond donors (Lipinski definition) is 0. The van der Waals surface area contributed by atoms with Crippen molar-refractivity contribution in [2.45, 2.75) is 43.8 Å². The number of carbonyl (C=O) groups excluding carboxylic acids is 1. The number of ether oxygens (including phenoxy) is 3. The molecule has 182 valence electrons. The smallest absolute Gasteiger partial charge is 0.343 e. The largest absolute Gasteiger partial charge is 0.420 e. The van der Waals surface area contributed by atoms with Gasteiger partial charge in [0, 0.05) is 12.7 Å². The molecular weight excluding hydrogens is 457 g/mol. The van der Waals surface area contributed by atoms with Crippen molar-refractivity contribution < 1.29 is 32.2 Å². The van der Waals surface area contributed by atoms with Gasteiger partial charge in [-0.1, -0.05) is 30.3 Å². The van der Waals surface area contributed by atoms with Crippen molar-refractivity contribution in [1.82, 2.24) is 0 Å². The predicted molar refractivity (Wildman–Crippen MR) is 124 cm³/mol. The van der Waals surface area contributed by atoms with Gasteiger partial charge in [0.05, 0.1) is 18.3 Å². The van der Waals surface area contributed by atoms with E-state index in [0.29, 0.717) is 23.3 Å². The Kier molecular flexibility index (Phi) is 6.62.